The van der Waals surface area contributed by atoms with Crippen molar-refractivity contribution in [2.24, 2.45) is 5.92 Å². The highest BCUT2D eigenvalue weighted by atomic mass is 32.2. The first-order valence-electron chi connectivity index (χ1n) is 12.1. The van der Waals surface area contributed by atoms with Crippen LogP contribution in [0.3, 0.4) is 0 Å². The van der Waals surface area contributed by atoms with E-state index in [0.717, 1.165) is 11.8 Å². The van der Waals surface area contributed by atoms with Crippen molar-refractivity contribution in [3.63, 3.8) is 0 Å². The van der Waals surface area contributed by atoms with E-state index in [1.54, 1.807) is 48.5 Å². The van der Waals surface area contributed by atoms with Crippen LogP contribution in [-0.2, 0) is 19.9 Å². The molecule has 0 saturated heterocycles. The molecule has 3 aromatic rings. The van der Waals surface area contributed by atoms with Gasteiger partial charge in [-0.15, -0.1) is 0 Å². The molecule has 0 aliphatic carbocycles. The molecule has 0 radical (unpaired) electrons. The molecule has 37 heavy (non-hydrogen) atoms. The lowest BCUT2D eigenvalue weighted by Crippen LogP contribution is -2.49. The molecule has 1 aliphatic heterocycles. The zero-order valence-corrected chi connectivity index (χ0v) is 22.8. The van der Waals surface area contributed by atoms with Gasteiger partial charge < -0.3 is 0 Å². The van der Waals surface area contributed by atoms with Crippen LogP contribution in [0.4, 0.5) is 0 Å². The van der Waals surface area contributed by atoms with Crippen LogP contribution in [0.15, 0.2) is 95.4 Å². The summed E-state index contributed by atoms with van der Waals surface area (Å²) < 4.78 is 53.8. The highest BCUT2D eigenvalue weighted by Crippen LogP contribution is 2.40. The van der Waals surface area contributed by atoms with Crippen molar-refractivity contribution in [2.45, 2.75) is 31.2 Å². The van der Waals surface area contributed by atoms with Crippen molar-refractivity contribution in [2.75, 3.05) is 18.6 Å². The van der Waals surface area contributed by atoms with Crippen LogP contribution >= 0.6 is 0 Å². The Balaban J connectivity index is 1.96. The fraction of sp³-hybridized carbons (Fsp3) is 0.276. The Labute approximate surface area is 219 Å². The average Bonchev–Trinajstić information content (AvgIpc) is 2.87. The normalized spacial score (nSPS) is 19.1. The summed E-state index contributed by atoms with van der Waals surface area (Å²) in [4.78, 5) is 14.0. The minimum absolute atomic E-state index is 0.0342. The summed E-state index contributed by atoms with van der Waals surface area (Å²) in [6, 6.07) is 23.9. The largest absolute Gasteiger partial charge is 0.289 e. The second-order valence-electron chi connectivity index (χ2n) is 9.61. The molecule has 0 fully saturated rings. The number of hydrogen-bond donors (Lipinski definition) is 0. The maximum atomic E-state index is 14.0. The van der Waals surface area contributed by atoms with E-state index in [2.05, 4.69) is 0 Å². The molecule has 194 valence electrons. The molecule has 0 spiro atoms. The molecule has 0 aromatic heterocycles. The fourth-order valence-corrected chi connectivity index (χ4v) is 7.23. The molecule has 0 N–H and O–H groups in total. The zero-order valence-electron chi connectivity index (χ0n) is 21.2. The third kappa shape index (κ3) is 5.92. The first-order valence-corrected chi connectivity index (χ1v) is 15.6. The van der Waals surface area contributed by atoms with Gasteiger partial charge in [0.2, 0.25) is 10.0 Å². The van der Waals surface area contributed by atoms with Gasteiger partial charge in [-0.2, -0.15) is 4.31 Å². The van der Waals surface area contributed by atoms with E-state index in [0.29, 0.717) is 22.3 Å². The van der Waals surface area contributed by atoms with E-state index in [1.165, 1.54) is 4.31 Å². The minimum atomic E-state index is -3.99. The Hall–Kier alpha value is -3.07. The summed E-state index contributed by atoms with van der Waals surface area (Å²) in [6.45, 7) is 3.80. The van der Waals surface area contributed by atoms with Crippen molar-refractivity contribution in [3.05, 3.63) is 107 Å². The Kier molecular flexibility index (Phi) is 7.83. The first-order chi connectivity index (χ1) is 17.5. The van der Waals surface area contributed by atoms with E-state index in [9.17, 15) is 21.6 Å². The number of rotatable bonds is 8. The molecular formula is C29H31NO5S2. The molecule has 6 nitrogen and oxygen atoms in total. The third-order valence-corrected chi connectivity index (χ3v) is 9.54. The van der Waals surface area contributed by atoms with Gasteiger partial charge in [0.1, 0.15) is 9.84 Å². The lowest BCUT2D eigenvalue weighted by atomic mass is 9.79. The Morgan fingerprint density at radius 2 is 1.43 bits per heavy atom. The summed E-state index contributed by atoms with van der Waals surface area (Å²) >= 11 is 0. The van der Waals surface area contributed by atoms with Gasteiger partial charge >= 0.3 is 0 Å². The van der Waals surface area contributed by atoms with Gasteiger partial charge in [0.05, 0.1) is 16.7 Å². The number of sulfone groups is 1. The molecule has 1 aliphatic rings. The van der Waals surface area contributed by atoms with Crippen molar-refractivity contribution in [3.8, 4) is 0 Å². The van der Waals surface area contributed by atoms with Gasteiger partial charge in [-0.25, -0.2) is 16.8 Å². The number of carbonyl (C=O) groups excluding carboxylic acids is 1. The number of Topliss-reactive ketones (excluding diaryl/α,β-unsaturated/α-hetero) is 1. The van der Waals surface area contributed by atoms with Crippen molar-refractivity contribution in [1.82, 2.24) is 4.31 Å². The van der Waals surface area contributed by atoms with Crippen molar-refractivity contribution < 1.29 is 21.6 Å². The second kappa shape index (κ2) is 10.7. The Morgan fingerprint density at radius 3 is 2.00 bits per heavy atom. The first kappa shape index (κ1) is 27.0. The summed E-state index contributed by atoms with van der Waals surface area (Å²) in [5.41, 5.74) is 3.23. The number of sulfonamides is 1. The maximum absolute atomic E-state index is 14.0. The lowest BCUT2D eigenvalue weighted by Gasteiger charge is -2.41. The van der Waals surface area contributed by atoms with Gasteiger partial charge in [0, 0.05) is 23.9 Å². The number of hydrogen-bond acceptors (Lipinski definition) is 5. The number of ketones is 1. The highest BCUT2D eigenvalue weighted by Gasteiger charge is 2.43. The molecule has 0 bridgehead atoms. The summed E-state index contributed by atoms with van der Waals surface area (Å²) in [7, 11) is -7.39. The minimum Gasteiger partial charge on any atom is -0.289 e. The van der Waals surface area contributed by atoms with Crippen molar-refractivity contribution in [1.29, 1.82) is 0 Å². The predicted molar refractivity (Wildman–Crippen MR) is 146 cm³/mol. The molecule has 0 saturated carbocycles. The Morgan fingerprint density at radius 1 is 0.865 bits per heavy atom. The van der Waals surface area contributed by atoms with Gasteiger partial charge in [-0.05, 0) is 42.5 Å². The van der Waals surface area contributed by atoms with E-state index in [-0.39, 0.29) is 29.4 Å². The monoisotopic (exact) mass is 537 g/mol. The van der Waals surface area contributed by atoms with Gasteiger partial charge in [0.15, 0.2) is 5.78 Å². The van der Waals surface area contributed by atoms with E-state index >= 15 is 0 Å². The van der Waals surface area contributed by atoms with Crippen LogP contribution in [-0.4, -0.2) is 51.5 Å². The van der Waals surface area contributed by atoms with Crippen LogP contribution in [0.1, 0.15) is 34.8 Å². The van der Waals surface area contributed by atoms with Crippen LogP contribution in [0.5, 0.6) is 0 Å². The van der Waals surface area contributed by atoms with Crippen LogP contribution in [0.2, 0.25) is 0 Å². The van der Waals surface area contributed by atoms with Gasteiger partial charge in [0.25, 0.3) is 0 Å². The van der Waals surface area contributed by atoms with Crippen LogP contribution < -0.4 is 0 Å². The van der Waals surface area contributed by atoms with Gasteiger partial charge in [-0.1, -0.05) is 85.3 Å². The Bertz CT molecular complexity index is 1510. The van der Waals surface area contributed by atoms with Crippen LogP contribution in [0, 0.1) is 12.8 Å². The molecule has 2 atom stereocenters. The van der Waals surface area contributed by atoms with E-state index in [4.69, 9.17) is 0 Å². The van der Waals surface area contributed by atoms with Crippen LogP contribution in [0.25, 0.3) is 5.57 Å². The molecule has 0 unspecified atom stereocenters. The predicted octanol–water partition coefficient (Wildman–Crippen LogP) is 4.78. The zero-order chi connectivity index (χ0) is 26.8. The summed E-state index contributed by atoms with van der Waals surface area (Å²) in [6.07, 6.45) is 1.17. The molecule has 8 heteroatoms. The third-order valence-electron chi connectivity index (χ3n) is 6.67. The maximum Gasteiger partial charge on any atom is 0.243 e. The number of benzene rings is 3. The highest BCUT2D eigenvalue weighted by molar-refractivity contribution is 7.90. The fourth-order valence-electron chi connectivity index (χ4n) is 4.86. The molecule has 1 heterocycles. The second-order valence-corrected chi connectivity index (χ2v) is 13.8. The SMILES string of the molecule is Cc1ccc(S(=O)(=O)N2C[C@H](C)C(C(=O)c3ccccc3)=C(c3ccccc3)[C@@H]2CCS(C)(=O)=O)cc1. The summed E-state index contributed by atoms with van der Waals surface area (Å²) in [5, 5.41) is 0. The lowest BCUT2D eigenvalue weighted by molar-refractivity contribution is 0.101. The summed E-state index contributed by atoms with van der Waals surface area (Å²) in [5.74, 6) is -0.809. The van der Waals surface area contributed by atoms with E-state index in [1.807, 2.05) is 50.2 Å². The number of carbonyl (C=O) groups is 1. The van der Waals surface area contributed by atoms with Crippen molar-refractivity contribution >= 4 is 31.2 Å². The molecule has 3 aromatic carbocycles. The molecule has 4 rings (SSSR count). The standard InChI is InChI=1S/C29H31NO5S2/c1-21-14-16-25(17-15-21)37(34,35)30-20-22(2)27(29(31)24-12-8-5-9-13-24)28(23-10-6-4-7-11-23)26(30)18-19-36(3,32)33/h4-17,22,26H,18-20H2,1-3H3/t22-,26-/m0/s1. The smallest absolute Gasteiger partial charge is 0.243 e. The number of nitrogens with zero attached hydrogens (tertiary/aromatic N) is 1. The van der Waals surface area contributed by atoms with E-state index < -0.39 is 31.8 Å². The topological polar surface area (TPSA) is 88.6 Å². The average molecular weight is 538 g/mol. The quantitative estimate of drug-likeness (QED) is 0.386. The molecular weight excluding hydrogens is 506 g/mol. The number of aryl methyl sites for hydroxylation is 1. The van der Waals surface area contributed by atoms with Gasteiger partial charge in [-0.3, -0.25) is 4.79 Å². The molecule has 0 amide bonds.